The number of hydrogen-bond donors (Lipinski definition) is 2. The molecule has 6 aromatic rings. The molecule has 0 aliphatic heterocycles. The zero-order valence-electron chi connectivity index (χ0n) is 25.7. The smallest absolute Gasteiger partial charge is 0.550 e. The molecule has 1 radical (unpaired) electrons. The fraction of sp³-hybridized carbons (Fsp3) is 0.125. The summed E-state index contributed by atoms with van der Waals surface area (Å²) in [7, 11) is 0. The second-order valence-corrected chi connectivity index (χ2v) is 9.48. The Morgan fingerprint density at radius 1 is 0.520 bits per heavy atom. The number of carboxylic acid groups (broad SMARTS) is 4. The van der Waals surface area contributed by atoms with Gasteiger partial charge in [-0.1, -0.05) is 48.5 Å². The molecule has 0 saturated carbocycles. The number of nitrogens with zero attached hydrogens (tertiary/aromatic N) is 4. The van der Waals surface area contributed by atoms with Crippen LogP contribution in [0.4, 0.5) is 0 Å². The first-order chi connectivity index (χ1) is 21.2. The van der Waals surface area contributed by atoms with Gasteiger partial charge in [0.25, 0.3) is 0 Å². The summed E-state index contributed by atoms with van der Waals surface area (Å²) < 4.78 is 0. The van der Waals surface area contributed by atoms with E-state index in [0.29, 0.717) is 0 Å². The van der Waals surface area contributed by atoms with Gasteiger partial charge in [0.1, 0.15) is 0 Å². The maximum atomic E-state index is 10.6. The van der Waals surface area contributed by atoms with Crippen molar-refractivity contribution in [1.29, 1.82) is 0 Å². The number of fused-ring (bicyclic) bond motifs is 6. The molecule has 2 aromatic carbocycles. The molecule has 0 saturated heterocycles. The second-order valence-electron chi connectivity index (χ2n) is 9.48. The van der Waals surface area contributed by atoms with Gasteiger partial charge in [-0.05, 0) is 30.7 Å². The summed E-state index contributed by atoms with van der Waals surface area (Å²) in [4.78, 5) is 59.0. The molecule has 6 rings (SSSR count). The van der Waals surface area contributed by atoms with E-state index in [2.05, 4.69) is 68.5 Å². The summed E-state index contributed by atoms with van der Waals surface area (Å²) in [6.07, 6.45) is 5.10. The minimum atomic E-state index is -1.93. The van der Waals surface area contributed by atoms with Gasteiger partial charge in [-0.25, -0.2) is 0 Å². The van der Waals surface area contributed by atoms with Gasteiger partial charge in [0.05, 0.1) is 34.4 Å². The van der Waals surface area contributed by atoms with Gasteiger partial charge in [0.15, 0.2) is 0 Å². The molecule has 0 fully saturated rings. The molecule has 0 amide bonds. The van der Waals surface area contributed by atoms with Crippen molar-refractivity contribution >= 4 is 67.5 Å². The monoisotopic (exact) mass is 745 g/mol. The third-order valence-electron chi connectivity index (χ3n) is 6.58. The van der Waals surface area contributed by atoms with Gasteiger partial charge in [-0.15, -0.1) is 0 Å². The van der Waals surface area contributed by atoms with Gasteiger partial charge in [0.2, 0.25) is 0 Å². The molecule has 17 nitrogen and oxygen atoms in total. The average molecular weight is 746 g/mol. The summed E-state index contributed by atoms with van der Waals surface area (Å²) in [5, 5.41) is 42.2. The second kappa shape index (κ2) is 22.8. The van der Waals surface area contributed by atoms with Crippen LogP contribution in [0.15, 0.2) is 97.6 Å². The molecule has 271 valence electrons. The Labute approximate surface area is 293 Å². The van der Waals surface area contributed by atoms with Gasteiger partial charge >= 0.3 is 29.0 Å². The number of aliphatic carboxylic acids is 4. The Bertz CT molecular complexity index is 1750. The Balaban J connectivity index is -0.000000625. The topological polar surface area (TPSA) is 364 Å². The SMILES string of the molecule is O.O.O.O.O.O=C([O-])C[C@@H](C(=O)[O-])[C@H](CC(=O)O)C(=O)O.[Cu+2].c1cnc2c(c1)ccc1cccnc12.c1cnc2c(c1)ccc1cccnc12. The van der Waals surface area contributed by atoms with Crippen LogP contribution >= 0.6 is 0 Å². The Hall–Kier alpha value is -5.72. The number of carboxylic acids is 4. The molecule has 0 spiro atoms. The molecule has 50 heavy (non-hydrogen) atoms. The molecule has 18 heteroatoms. The summed E-state index contributed by atoms with van der Waals surface area (Å²) >= 11 is 0. The third-order valence-corrected chi connectivity index (χ3v) is 6.58. The normalized spacial score (nSPS) is 10.5. The number of carbonyl (C=O) groups is 4. The molecule has 0 unspecified atom stereocenters. The fourth-order valence-electron chi connectivity index (χ4n) is 4.52. The first-order valence-electron chi connectivity index (χ1n) is 13.2. The molecular formula is C32H34CuN4O13. The first-order valence-corrected chi connectivity index (χ1v) is 13.2. The number of benzene rings is 2. The van der Waals surface area contributed by atoms with Crippen molar-refractivity contribution in [3.05, 3.63) is 97.6 Å². The maximum Gasteiger partial charge on any atom is 2.00 e. The summed E-state index contributed by atoms with van der Waals surface area (Å²) in [5.41, 5.74) is 3.91. The van der Waals surface area contributed by atoms with Crippen molar-refractivity contribution in [3.63, 3.8) is 0 Å². The first kappa shape index (κ1) is 48.7. The third kappa shape index (κ3) is 12.4. The molecule has 4 heterocycles. The van der Waals surface area contributed by atoms with Gasteiger partial charge < -0.3 is 57.4 Å². The van der Waals surface area contributed by atoms with Crippen molar-refractivity contribution in [2.45, 2.75) is 12.8 Å². The number of rotatable bonds is 7. The predicted octanol–water partition coefficient (Wildman–Crippen LogP) is -1.89. The van der Waals surface area contributed by atoms with E-state index in [-0.39, 0.29) is 44.4 Å². The summed E-state index contributed by atoms with van der Waals surface area (Å²) in [6, 6.07) is 24.3. The van der Waals surface area contributed by atoms with E-state index in [1.54, 1.807) is 24.8 Å². The standard InChI is InChI=1S/2C12H8N2.C8H10O8.Cu.5H2O/c2*1-3-9-5-6-10-4-2-8-14-12(10)11(9)13-7-1;9-5(10)1-3(7(13)14)4(8(15)16)2-6(11)12;;;;;;/h2*1-8H;3-4H,1-2H2,(H,9,10)(H,11,12)(H,13,14)(H,15,16);;5*1H2/q;;;+2;;;;;/p-2/t;;3-,4+;;;;;;. The average Bonchev–Trinajstić information content (AvgIpc) is 3.03. The van der Waals surface area contributed by atoms with Gasteiger partial charge in [0, 0.05) is 64.2 Å². The molecule has 2 atom stereocenters. The van der Waals surface area contributed by atoms with Crippen molar-refractivity contribution in [2.75, 3.05) is 0 Å². The number of pyridine rings is 4. The van der Waals surface area contributed by atoms with E-state index in [1.165, 1.54) is 0 Å². The quantitative estimate of drug-likeness (QED) is 0.134. The van der Waals surface area contributed by atoms with Crippen LogP contribution in [0, 0.1) is 11.8 Å². The molecule has 12 N–H and O–H groups in total. The number of carbonyl (C=O) groups excluding carboxylic acids is 2. The van der Waals surface area contributed by atoms with E-state index in [9.17, 15) is 29.4 Å². The number of aromatic nitrogens is 4. The minimum absolute atomic E-state index is 0. The van der Waals surface area contributed by atoms with E-state index in [4.69, 9.17) is 10.2 Å². The van der Waals surface area contributed by atoms with Crippen LogP contribution in [0.3, 0.4) is 0 Å². The summed E-state index contributed by atoms with van der Waals surface area (Å²) in [5.74, 6) is -10.8. The Morgan fingerprint density at radius 2 is 0.820 bits per heavy atom. The van der Waals surface area contributed by atoms with Gasteiger partial charge in [-0.3, -0.25) is 29.5 Å². The Morgan fingerprint density at radius 3 is 1.04 bits per heavy atom. The van der Waals surface area contributed by atoms with Crippen molar-refractivity contribution in [1.82, 2.24) is 19.9 Å². The van der Waals surface area contributed by atoms with Crippen molar-refractivity contribution < 1.29 is 84.1 Å². The molecular weight excluding hydrogens is 712 g/mol. The van der Waals surface area contributed by atoms with Crippen LogP contribution in [0.2, 0.25) is 0 Å². The van der Waals surface area contributed by atoms with E-state index in [0.717, 1.165) is 43.6 Å². The molecule has 4 aromatic heterocycles. The van der Waals surface area contributed by atoms with Gasteiger partial charge in [-0.2, -0.15) is 0 Å². The van der Waals surface area contributed by atoms with E-state index >= 15 is 0 Å². The maximum absolute atomic E-state index is 10.6. The number of hydrogen-bond acceptors (Lipinski definition) is 10. The van der Waals surface area contributed by atoms with Crippen LogP contribution < -0.4 is 10.2 Å². The van der Waals surface area contributed by atoms with E-state index in [1.807, 2.05) is 24.3 Å². The molecule has 0 aliphatic carbocycles. The van der Waals surface area contributed by atoms with Crippen LogP contribution in [0.5, 0.6) is 0 Å². The van der Waals surface area contributed by atoms with E-state index < -0.39 is 48.6 Å². The predicted molar refractivity (Wildman–Crippen MR) is 174 cm³/mol. The largest absolute Gasteiger partial charge is 2.00 e. The summed E-state index contributed by atoms with van der Waals surface area (Å²) in [6.45, 7) is 0. The zero-order chi connectivity index (χ0) is 31.6. The Kier molecular flexibility index (Phi) is 22.2. The minimum Gasteiger partial charge on any atom is -0.550 e. The molecule has 0 bridgehead atoms. The van der Waals surface area contributed by atoms with Crippen LogP contribution in [-0.4, -0.2) is 81.4 Å². The van der Waals surface area contributed by atoms with Crippen molar-refractivity contribution in [3.8, 4) is 0 Å². The fourth-order valence-corrected chi connectivity index (χ4v) is 4.52. The zero-order valence-corrected chi connectivity index (χ0v) is 26.7. The van der Waals surface area contributed by atoms with Crippen LogP contribution in [0.25, 0.3) is 43.6 Å². The van der Waals surface area contributed by atoms with Crippen LogP contribution in [0.1, 0.15) is 12.8 Å². The van der Waals surface area contributed by atoms with Crippen LogP contribution in [-0.2, 0) is 36.2 Å². The van der Waals surface area contributed by atoms with Crippen molar-refractivity contribution in [2.24, 2.45) is 11.8 Å². The molecule has 0 aliphatic rings.